The SMILES string of the molecule is CC(Sc1nnc(-c2ccc(F)cc2)n1Cc1ccccc1)c1nc(-c2cccs2)no1. The molecule has 0 aliphatic heterocycles. The summed E-state index contributed by atoms with van der Waals surface area (Å²) in [6.07, 6.45) is 0. The molecule has 0 aliphatic carbocycles. The van der Waals surface area contributed by atoms with Crippen LogP contribution in [0.4, 0.5) is 4.39 Å². The van der Waals surface area contributed by atoms with Crippen LogP contribution in [0.15, 0.2) is 81.8 Å². The fourth-order valence-electron chi connectivity index (χ4n) is 3.21. The van der Waals surface area contributed by atoms with Gasteiger partial charge >= 0.3 is 0 Å². The van der Waals surface area contributed by atoms with E-state index in [-0.39, 0.29) is 11.1 Å². The molecule has 2 aromatic carbocycles. The molecule has 0 N–H and O–H groups in total. The van der Waals surface area contributed by atoms with Crippen LogP contribution in [-0.2, 0) is 6.54 Å². The van der Waals surface area contributed by atoms with Crippen LogP contribution in [-0.4, -0.2) is 24.9 Å². The van der Waals surface area contributed by atoms with Gasteiger partial charge in [0.05, 0.1) is 16.7 Å². The van der Waals surface area contributed by atoms with E-state index < -0.39 is 0 Å². The molecule has 3 aromatic heterocycles. The lowest BCUT2D eigenvalue weighted by atomic mass is 10.2. The third-order valence-electron chi connectivity index (χ3n) is 4.82. The molecule has 160 valence electrons. The highest BCUT2D eigenvalue weighted by Crippen LogP contribution is 2.36. The van der Waals surface area contributed by atoms with Gasteiger partial charge in [-0.25, -0.2) is 4.39 Å². The predicted octanol–water partition coefficient (Wildman–Crippen LogP) is 6.10. The second kappa shape index (κ2) is 9.05. The lowest BCUT2D eigenvalue weighted by Crippen LogP contribution is -2.05. The van der Waals surface area contributed by atoms with Crippen LogP contribution in [0.25, 0.3) is 22.1 Å². The fraction of sp³-hybridized carbons (Fsp3) is 0.130. The molecule has 5 aromatic rings. The molecule has 6 nitrogen and oxygen atoms in total. The molecule has 1 unspecified atom stereocenters. The highest BCUT2D eigenvalue weighted by Gasteiger charge is 2.22. The molecule has 0 fully saturated rings. The lowest BCUT2D eigenvalue weighted by Gasteiger charge is -2.12. The first-order chi connectivity index (χ1) is 15.7. The molecule has 9 heteroatoms. The number of hydrogen-bond acceptors (Lipinski definition) is 7. The summed E-state index contributed by atoms with van der Waals surface area (Å²) in [5.41, 5.74) is 1.91. The Morgan fingerprint density at radius 1 is 1.03 bits per heavy atom. The number of nitrogens with zero attached hydrogens (tertiary/aromatic N) is 5. The Hall–Kier alpha value is -3.30. The first kappa shape index (κ1) is 20.6. The van der Waals surface area contributed by atoms with E-state index >= 15 is 0 Å². The smallest absolute Gasteiger partial charge is 0.240 e. The third kappa shape index (κ3) is 4.35. The van der Waals surface area contributed by atoms with Crippen molar-refractivity contribution in [2.24, 2.45) is 0 Å². The number of thiophene rings is 1. The zero-order valence-corrected chi connectivity index (χ0v) is 18.7. The topological polar surface area (TPSA) is 69.6 Å². The average molecular weight is 464 g/mol. The Labute approximate surface area is 192 Å². The molecule has 0 saturated heterocycles. The second-order valence-corrected chi connectivity index (χ2v) is 9.33. The normalized spacial score (nSPS) is 12.2. The lowest BCUT2D eigenvalue weighted by molar-refractivity contribution is 0.380. The molecule has 0 bridgehead atoms. The van der Waals surface area contributed by atoms with Gasteiger partial charge in [0.1, 0.15) is 5.82 Å². The highest BCUT2D eigenvalue weighted by molar-refractivity contribution is 7.99. The van der Waals surface area contributed by atoms with E-state index in [4.69, 9.17) is 4.52 Å². The van der Waals surface area contributed by atoms with Gasteiger partial charge in [-0.1, -0.05) is 53.3 Å². The molecule has 0 amide bonds. The summed E-state index contributed by atoms with van der Waals surface area (Å²) in [6, 6.07) is 20.3. The van der Waals surface area contributed by atoms with Gasteiger partial charge in [-0.2, -0.15) is 4.98 Å². The minimum absolute atomic E-state index is 0.129. The van der Waals surface area contributed by atoms with E-state index in [1.54, 1.807) is 23.5 Å². The van der Waals surface area contributed by atoms with E-state index in [1.807, 2.05) is 47.2 Å². The van der Waals surface area contributed by atoms with Crippen LogP contribution in [0.5, 0.6) is 0 Å². The summed E-state index contributed by atoms with van der Waals surface area (Å²) in [7, 11) is 0. The minimum Gasteiger partial charge on any atom is -0.338 e. The average Bonchev–Trinajstić information content (AvgIpc) is 3.57. The standard InChI is InChI=1S/C23H18FN5OS2/c1-15(22-25-20(28-30-22)19-8-5-13-31-19)32-23-27-26-21(17-9-11-18(24)12-10-17)29(23)14-16-6-3-2-4-7-16/h2-13,15H,14H2,1H3. The van der Waals surface area contributed by atoms with Gasteiger partial charge in [0.15, 0.2) is 11.0 Å². The van der Waals surface area contributed by atoms with Crippen molar-refractivity contribution in [1.29, 1.82) is 0 Å². The summed E-state index contributed by atoms with van der Waals surface area (Å²) in [6.45, 7) is 2.58. The number of aromatic nitrogens is 5. The van der Waals surface area contributed by atoms with Crippen molar-refractivity contribution in [3.8, 4) is 22.1 Å². The summed E-state index contributed by atoms with van der Waals surface area (Å²) in [5, 5.41) is 15.5. The van der Waals surface area contributed by atoms with Gasteiger partial charge in [-0.15, -0.1) is 21.5 Å². The van der Waals surface area contributed by atoms with Crippen molar-refractivity contribution in [2.75, 3.05) is 0 Å². The Bertz CT molecular complexity index is 1300. The number of benzene rings is 2. The molecule has 1 atom stereocenters. The summed E-state index contributed by atoms with van der Waals surface area (Å²) >= 11 is 3.06. The van der Waals surface area contributed by atoms with Crippen molar-refractivity contribution < 1.29 is 8.91 Å². The molecule has 0 radical (unpaired) electrons. The molecule has 0 saturated carbocycles. The van der Waals surface area contributed by atoms with Crippen molar-refractivity contribution in [3.05, 3.63) is 89.4 Å². The van der Waals surface area contributed by atoms with Gasteiger partial charge in [0.25, 0.3) is 0 Å². The van der Waals surface area contributed by atoms with Gasteiger partial charge in [0.2, 0.25) is 11.7 Å². The van der Waals surface area contributed by atoms with E-state index in [1.165, 1.54) is 23.9 Å². The van der Waals surface area contributed by atoms with Crippen LogP contribution in [0.1, 0.15) is 23.6 Å². The van der Waals surface area contributed by atoms with Crippen molar-refractivity contribution in [2.45, 2.75) is 23.9 Å². The molecule has 5 rings (SSSR count). The summed E-state index contributed by atoms with van der Waals surface area (Å²) in [4.78, 5) is 5.51. The van der Waals surface area contributed by atoms with Crippen LogP contribution in [0, 0.1) is 5.82 Å². The van der Waals surface area contributed by atoms with Crippen LogP contribution in [0.2, 0.25) is 0 Å². The molecule has 0 spiro atoms. The summed E-state index contributed by atoms with van der Waals surface area (Å²) in [5.74, 6) is 1.49. The van der Waals surface area contributed by atoms with Gasteiger partial charge < -0.3 is 4.52 Å². The van der Waals surface area contributed by atoms with Gasteiger partial charge in [0, 0.05) is 5.56 Å². The Morgan fingerprint density at radius 2 is 1.84 bits per heavy atom. The fourth-order valence-corrected chi connectivity index (χ4v) is 4.74. The number of thioether (sulfide) groups is 1. The maximum Gasteiger partial charge on any atom is 0.240 e. The zero-order chi connectivity index (χ0) is 21.9. The Morgan fingerprint density at radius 3 is 2.59 bits per heavy atom. The first-order valence-corrected chi connectivity index (χ1v) is 11.7. The first-order valence-electron chi connectivity index (χ1n) is 9.94. The number of rotatable bonds is 7. The van der Waals surface area contributed by atoms with Crippen molar-refractivity contribution in [3.63, 3.8) is 0 Å². The number of hydrogen-bond donors (Lipinski definition) is 0. The quantitative estimate of drug-likeness (QED) is 0.272. The zero-order valence-electron chi connectivity index (χ0n) is 17.1. The Balaban J connectivity index is 1.45. The monoisotopic (exact) mass is 463 g/mol. The van der Waals surface area contributed by atoms with Crippen LogP contribution >= 0.6 is 23.1 Å². The van der Waals surface area contributed by atoms with Crippen LogP contribution in [0.3, 0.4) is 0 Å². The second-order valence-electron chi connectivity index (χ2n) is 7.08. The van der Waals surface area contributed by atoms with Crippen molar-refractivity contribution >= 4 is 23.1 Å². The van der Waals surface area contributed by atoms with E-state index in [2.05, 4.69) is 32.5 Å². The molecule has 0 aliphatic rings. The largest absolute Gasteiger partial charge is 0.338 e. The number of halogens is 1. The van der Waals surface area contributed by atoms with Gasteiger partial charge in [-0.3, -0.25) is 4.57 Å². The highest BCUT2D eigenvalue weighted by atomic mass is 32.2. The van der Waals surface area contributed by atoms with E-state index in [0.29, 0.717) is 24.1 Å². The van der Waals surface area contributed by atoms with Gasteiger partial charge in [-0.05, 0) is 48.2 Å². The third-order valence-corrected chi connectivity index (χ3v) is 6.75. The summed E-state index contributed by atoms with van der Waals surface area (Å²) < 4.78 is 21.0. The van der Waals surface area contributed by atoms with E-state index in [0.717, 1.165) is 21.2 Å². The molecule has 3 heterocycles. The van der Waals surface area contributed by atoms with Crippen LogP contribution < -0.4 is 0 Å². The molecular formula is C23H18FN5OS2. The maximum atomic E-state index is 13.4. The predicted molar refractivity (Wildman–Crippen MR) is 123 cm³/mol. The van der Waals surface area contributed by atoms with Crippen molar-refractivity contribution in [1.82, 2.24) is 24.9 Å². The Kier molecular flexibility index (Phi) is 5.83. The maximum absolute atomic E-state index is 13.4. The van der Waals surface area contributed by atoms with E-state index in [9.17, 15) is 4.39 Å². The molecule has 32 heavy (non-hydrogen) atoms. The molecular weight excluding hydrogens is 445 g/mol. The minimum atomic E-state index is -0.288.